The summed E-state index contributed by atoms with van der Waals surface area (Å²) in [7, 11) is 0. The lowest BCUT2D eigenvalue weighted by Gasteiger charge is -2.18. The highest BCUT2D eigenvalue weighted by atomic mass is 16.5. The minimum absolute atomic E-state index is 0.327. The maximum Gasteiger partial charge on any atom is 0.126 e. The molecule has 0 saturated carbocycles. The zero-order chi connectivity index (χ0) is 11.4. The van der Waals surface area contributed by atoms with Gasteiger partial charge in [-0.15, -0.1) is 6.42 Å². The van der Waals surface area contributed by atoms with E-state index in [-0.39, 0.29) is 0 Å². The predicted octanol–water partition coefficient (Wildman–Crippen LogP) is 2.43. The van der Waals surface area contributed by atoms with Crippen LogP contribution in [0.25, 0.3) is 0 Å². The van der Waals surface area contributed by atoms with Crippen LogP contribution in [-0.4, -0.2) is 13.2 Å². The summed E-state index contributed by atoms with van der Waals surface area (Å²) in [5.41, 5.74) is 2.44. The van der Waals surface area contributed by atoms with Gasteiger partial charge in [-0.2, -0.15) is 0 Å². The molecule has 1 aliphatic rings. The Balaban J connectivity index is 2.30. The van der Waals surface area contributed by atoms with Crippen molar-refractivity contribution in [2.24, 2.45) is 0 Å². The molecule has 2 nitrogen and oxygen atoms in total. The van der Waals surface area contributed by atoms with Crippen LogP contribution in [0.15, 0.2) is 18.2 Å². The molecule has 0 bridgehead atoms. The molecule has 0 radical (unpaired) electrons. The number of benzene rings is 1. The van der Waals surface area contributed by atoms with Gasteiger partial charge in [-0.1, -0.05) is 24.1 Å². The smallest absolute Gasteiger partial charge is 0.126 e. The molecule has 0 aromatic heterocycles. The van der Waals surface area contributed by atoms with Crippen molar-refractivity contribution in [2.75, 3.05) is 13.2 Å². The van der Waals surface area contributed by atoms with Crippen LogP contribution in [0, 0.1) is 19.3 Å². The normalized spacial score (nSPS) is 19.1. The molecule has 16 heavy (non-hydrogen) atoms. The average Bonchev–Trinajstić information content (AvgIpc) is 2.50. The Kier molecular flexibility index (Phi) is 3.48. The van der Waals surface area contributed by atoms with Crippen molar-refractivity contribution in [2.45, 2.75) is 25.8 Å². The predicted molar refractivity (Wildman–Crippen MR) is 65.5 cm³/mol. The van der Waals surface area contributed by atoms with Gasteiger partial charge in [0.2, 0.25) is 0 Å². The van der Waals surface area contributed by atoms with E-state index in [4.69, 9.17) is 11.2 Å². The fraction of sp³-hybridized carbons (Fsp3) is 0.429. The number of aryl methyl sites for hydroxylation is 1. The lowest BCUT2D eigenvalue weighted by atomic mass is 10.00. The first-order valence-corrected chi connectivity index (χ1v) is 5.72. The van der Waals surface area contributed by atoms with Crippen LogP contribution < -0.4 is 10.1 Å². The van der Waals surface area contributed by atoms with E-state index in [9.17, 15) is 0 Å². The Morgan fingerprint density at radius 2 is 2.44 bits per heavy atom. The van der Waals surface area contributed by atoms with E-state index >= 15 is 0 Å². The lowest BCUT2D eigenvalue weighted by molar-refractivity contribution is 0.313. The Morgan fingerprint density at radius 3 is 3.25 bits per heavy atom. The van der Waals surface area contributed by atoms with Crippen molar-refractivity contribution in [1.29, 1.82) is 0 Å². The molecule has 1 N–H and O–H groups in total. The molecule has 1 unspecified atom stereocenters. The molecule has 0 aliphatic carbocycles. The van der Waals surface area contributed by atoms with Gasteiger partial charge >= 0.3 is 0 Å². The monoisotopic (exact) mass is 215 g/mol. The molecule has 2 heteroatoms. The second-order valence-corrected chi connectivity index (χ2v) is 4.12. The number of ether oxygens (including phenoxy) is 1. The Bertz CT molecular complexity index is 406. The molecule has 0 spiro atoms. The molecular weight excluding hydrogens is 198 g/mol. The molecule has 1 aromatic carbocycles. The molecule has 0 fully saturated rings. The van der Waals surface area contributed by atoms with Crippen molar-refractivity contribution in [3.63, 3.8) is 0 Å². The summed E-state index contributed by atoms with van der Waals surface area (Å²) in [5, 5.41) is 3.38. The molecule has 84 valence electrons. The van der Waals surface area contributed by atoms with Gasteiger partial charge in [-0.05, 0) is 25.3 Å². The number of para-hydroxylation sites is 1. The summed E-state index contributed by atoms with van der Waals surface area (Å²) in [6.45, 7) is 3.49. The minimum Gasteiger partial charge on any atom is -0.493 e. The summed E-state index contributed by atoms with van der Waals surface area (Å²) >= 11 is 0. The molecular formula is C14H17NO. The van der Waals surface area contributed by atoms with Gasteiger partial charge in [0.15, 0.2) is 0 Å². The Labute approximate surface area is 97.0 Å². The zero-order valence-corrected chi connectivity index (χ0v) is 9.62. The quantitative estimate of drug-likeness (QED) is 0.765. The summed E-state index contributed by atoms with van der Waals surface area (Å²) in [6, 6.07) is 6.62. The molecule has 1 aromatic rings. The summed E-state index contributed by atoms with van der Waals surface area (Å²) in [6.07, 6.45) is 7.44. The second-order valence-electron chi connectivity index (χ2n) is 4.12. The van der Waals surface area contributed by atoms with Crippen molar-refractivity contribution < 1.29 is 4.74 Å². The highest BCUT2D eigenvalue weighted by molar-refractivity contribution is 5.43. The first kappa shape index (κ1) is 11.0. The standard InChI is InChI=1S/C14H17NO/c1-3-9-15-13-8-5-10-16-14-11(2)6-4-7-12(13)14/h1,4,6-7,13,15H,5,8-10H2,2H3. The van der Waals surface area contributed by atoms with Crippen molar-refractivity contribution in [1.82, 2.24) is 5.32 Å². The molecule has 1 heterocycles. The zero-order valence-electron chi connectivity index (χ0n) is 9.62. The average molecular weight is 215 g/mol. The number of nitrogens with one attached hydrogen (secondary N) is 1. The third-order valence-electron chi connectivity index (χ3n) is 2.95. The topological polar surface area (TPSA) is 21.3 Å². The molecule has 0 saturated heterocycles. The molecule has 0 amide bonds. The van der Waals surface area contributed by atoms with Crippen molar-refractivity contribution >= 4 is 0 Å². The SMILES string of the molecule is C#CCNC1CCCOc2c(C)cccc21. The fourth-order valence-corrected chi connectivity index (χ4v) is 2.16. The number of terminal acetylenes is 1. The number of rotatable bonds is 2. The lowest BCUT2D eigenvalue weighted by Crippen LogP contribution is -2.21. The first-order valence-electron chi connectivity index (χ1n) is 5.72. The fourth-order valence-electron chi connectivity index (χ4n) is 2.16. The summed E-state index contributed by atoms with van der Waals surface area (Å²) < 4.78 is 5.80. The van der Waals surface area contributed by atoms with Crippen molar-refractivity contribution in [3.05, 3.63) is 29.3 Å². The number of hydrogen-bond acceptors (Lipinski definition) is 2. The van der Waals surface area contributed by atoms with Gasteiger partial charge in [-0.25, -0.2) is 0 Å². The second kappa shape index (κ2) is 5.05. The van der Waals surface area contributed by atoms with E-state index < -0.39 is 0 Å². The van der Waals surface area contributed by atoms with E-state index in [1.165, 1.54) is 11.1 Å². The highest BCUT2D eigenvalue weighted by Crippen LogP contribution is 2.33. The summed E-state index contributed by atoms with van der Waals surface area (Å²) in [4.78, 5) is 0. The minimum atomic E-state index is 0.327. The molecule has 1 aliphatic heterocycles. The maximum absolute atomic E-state index is 5.80. The van der Waals surface area contributed by atoms with E-state index in [1.54, 1.807) is 0 Å². The number of fused-ring (bicyclic) bond motifs is 1. The Hall–Kier alpha value is -1.46. The van der Waals surface area contributed by atoms with Crippen molar-refractivity contribution in [3.8, 4) is 18.1 Å². The van der Waals surface area contributed by atoms with Gasteiger partial charge < -0.3 is 4.74 Å². The number of hydrogen-bond donors (Lipinski definition) is 1. The van der Waals surface area contributed by atoms with E-state index in [0.29, 0.717) is 12.6 Å². The van der Waals surface area contributed by atoms with Crippen LogP contribution in [0.2, 0.25) is 0 Å². The van der Waals surface area contributed by atoms with Gasteiger partial charge in [0, 0.05) is 11.6 Å². The molecule has 2 rings (SSSR count). The van der Waals surface area contributed by atoms with Crippen LogP contribution >= 0.6 is 0 Å². The van der Waals surface area contributed by atoms with Gasteiger partial charge in [-0.3, -0.25) is 5.32 Å². The Morgan fingerprint density at radius 1 is 1.56 bits per heavy atom. The highest BCUT2D eigenvalue weighted by Gasteiger charge is 2.19. The van der Waals surface area contributed by atoms with E-state index in [1.807, 2.05) is 0 Å². The molecule has 1 atom stereocenters. The first-order chi connectivity index (χ1) is 7.83. The van der Waals surface area contributed by atoms with Crippen LogP contribution in [0.5, 0.6) is 5.75 Å². The van der Waals surface area contributed by atoms with Gasteiger partial charge in [0.1, 0.15) is 5.75 Å². The van der Waals surface area contributed by atoms with Crippen LogP contribution in [0.1, 0.15) is 30.0 Å². The van der Waals surface area contributed by atoms with Gasteiger partial charge in [0.25, 0.3) is 0 Å². The van der Waals surface area contributed by atoms with Crippen LogP contribution in [0.3, 0.4) is 0 Å². The van der Waals surface area contributed by atoms with Crippen LogP contribution in [0.4, 0.5) is 0 Å². The largest absolute Gasteiger partial charge is 0.493 e. The van der Waals surface area contributed by atoms with Gasteiger partial charge in [0.05, 0.1) is 13.2 Å². The maximum atomic E-state index is 5.80. The van der Waals surface area contributed by atoms with Crippen LogP contribution in [-0.2, 0) is 0 Å². The third kappa shape index (κ3) is 2.20. The summed E-state index contributed by atoms with van der Waals surface area (Å²) in [5.74, 6) is 3.67. The van der Waals surface area contributed by atoms with E-state index in [0.717, 1.165) is 25.2 Å². The van der Waals surface area contributed by atoms with E-state index in [2.05, 4.69) is 36.4 Å². The third-order valence-corrected chi connectivity index (χ3v) is 2.95.